The van der Waals surface area contributed by atoms with E-state index in [9.17, 15) is 0 Å². The molecule has 0 spiro atoms. The molecule has 0 aliphatic rings. The fourth-order valence-corrected chi connectivity index (χ4v) is 3.14. The van der Waals surface area contributed by atoms with Crippen molar-refractivity contribution in [2.24, 2.45) is 5.92 Å². The third-order valence-corrected chi connectivity index (χ3v) is 4.76. The van der Waals surface area contributed by atoms with Crippen LogP contribution in [0.2, 0.25) is 0 Å². The van der Waals surface area contributed by atoms with E-state index < -0.39 is 0 Å². The van der Waals surface area contributed by atoms with Gasteiger partial charge in [0, 0.05) is 13.2 Å². The maximum atomic E-state index is 9.15. The van der Waals surface area contributed by atoms with Crippen LogP contribution in [0.1, 0.15) is 110 Å². The summed E-state index contributed by atoms with van der Waals surface area (Å²) in [6.45, 7) is 2.73. The first-order valence-electron chi connectivity index (χ1n) is 10.1. The zero-order valence-corrected chi connectivity index (χ0v) is 15.2. The van der Waals surface area contributed by atoms with Gasteiger partial charge in [-0.1, -0.05) is 96.8 Å². The van der Waals surface area contributed by atoms with Crippen molar-refractivity contribution in [1.29, 1.82) is 0 Å². The van der Waals surface area contributed by atoms with Crippen molar-refractivity contribution in [3.05, 3.63) is 0 Å². The van der Waals surface area contributed by atoms with Gasteiger partial charge in [0.25, 0.3) is 0 Å². The summed E-state index contributed by atoms with van der Waals surface area (Å²) >= 11 is 0. The smallest absolute Gasteiger partial charge is 0.0460 e. The average molecular weight is 315 g/mol. The van der Waals surface area contributed by atoms with Crippen LogP contribution in [0.3, 0.4) is 0 Å². The molecule has 22 heavy (non-hydrogen) atoms. The van der Waals surface area contributed by atoms with E-state index in [4.69, 9.17) is 10.2 Å². The molecule has 2 N–H and O–H groups in total. The van der Waals surface area contributed by atoms with Crippen molar-refractivity contribution < 1.29 is 10.2 Å². The molecule has 0 heterocycles. The maximum Gasteiger partial charge on any atom is 0.0460 e. The first-order valence-corrected chi connectivity index (χ1v) is 10.1. The summed E-state index contributed by atoms with van der Waals surface area (Å²) in [7, 11) is 0. The number of aliphatic hydroxyl groups is 2. The van der Waals surface area contributed by atoms with Gasteiger partial charge in [-0.25, -0.2) is 0 Å². The third kappa shape index (κ3) is 16.3. The first kappa shape index (κ1) is 21.9. The molecule has 0 aromatic carbocycles. The zero-order valence-electron chi connectivity index (χ0n) is 15.2. The Labute approximate surface area is 139 Å². The highest BCUT2D eigenvalue weighted by Gasteiger charge is 2.05. The predicted octanol–water partition coefficient (Wildman–Crippen LogP) is 5.85. The van der Waals surface area contributed by atoms with Crippen molar-refractivity contribution in [2.75, 3.05) is 13.2 Å². The van der Waals surface area contributed by atoms with Crippen molar-refractivity contribution in [3.8, 4) is 0 Å². The van der Waals surface area contributed by atoms with Gasteiger partial charge < -0.3 is 10.2 Å². The monoisotopic (exact) mass is 314 g/mol. The van der Waals surface area contributed by atoms with Gasteiger partial charge in [-0.3, -0.25) is 0 Å². The third-order valence-electron chi connectivity index (χ3n) is 4.76. The van der Waals surface area contributed by atoms with E-state index in [0.29, 0.717) is 5.92 Å². The molecule has 0 fully saturated rings. The molecule has 2 nitrogen and oxygen atoms in total. The largest absolute Gasteiger partial charge is 0.396 e. The van der Waals surface area contributed by atoms with Gasteiger partial charge in [0.15, 0.2) is 0 Å². The lowest BCUT2D eigenvalue weighted by molar-refractivity contribution is 0.174. The average Bonchev–Trinajstić information content (AvgIpc) is 2.54. The molecule has 0 saturated carbocycles. The Morgan fingerprint density at radius 1 is 0.545 bits per heavy atom. The van der Waals surface area contributed by atoms with Gasteiger partial charge in [-0.15, -0.1) is 0 Å². The molecule has 0 amide bonds. The molecule has 0 saturated heterocycles. The number of hydrogen-bond acceptors (Lipinski definition) is 2. The molecule has 0 radical (unpaired) electrons. The quantitative estimate of drug-likeness (QED) is 0.312. The van der Waals surface area contributed by atoms with Crippen LogP contribution in [0.5, 0.6) is 0 Å². The summed E-state index contributed by atoms with van der Waals surface area (Å²) in [5, 5.41) is 18.0. The first-order chi connectivity index (χ1) is 10.8. The molecule has 0 aliphatic carbocycles. The highest BCUT2D eigenvalue weighted by atomic mass is 16.3. The van der Waals surface area contributed by atoms with Gasteiger partial charge in [0.1, 0.15) is 0 Å². The van der Waals surface area contributed by atoms with E-state index >= 15 is 0 Å². The Morgan fingerprint density at radius 3 is 1.32 bits per heavy atom. The second-order valence-corrected chi connectivity index (χ2v) is 6.95. The van der Waals surface area contributed by atoms with Gasteiger partial charge in [-0.2, -0.15) is 0 Å². The Hall–Kier alpha value is -0.0800. The molecule has 2 heteroatoms. The second-order valence-electron chi connectivity index (χ2n) is 6.95. The second kappa shape index (κ2) is 19.0. The van der Waals surface area contributed by atoms with Gasteiger partial charge in [0.2, 0.25) is 0 Å². The van der Waals surface area contributed by atoms with Gasteiger partial charge >= 0.3 is 0 Å². The Bertz CT molecular complexity index is 194. The van der Waals surface area contributed by atoms with E-state index in [2.05, 4.69) is 6.92 Å². The Balaban J connectivity index is 3.08. The van der Waals surface area contributed by atoms with Crippen LogP contribution in [0.15, 0.2) is 0 Å². The van der Waals surface area contributed by atoms with Crippen molar-refractivity contribution in [2.45, 2.75) is 110 Å². The summed E-state index contributed by atoms with van der Waals surface area (Å²) < 4.78 is 0. The van der Waals surface area contributed by atoms with Crippen LogP contribution in [0.4, 0.5) is 0 Å². The lowest BCUT2D eigenvalue weighted by atomic mass is 9.98. The molecule has 134 valence electrons. The summed E-state index contributed by atoms with van der Waals surface area (Å²) in [5.41, 5.74) is 0. The molecule has 0 aliphatic heterocycles. The van der Waals surface area contributed by atoms with Crippen molar-refractivity contribution >= 4 is 0 Å². The van der Waals surface area contributed by atoms with Crippen LogP contribution >= 0.6 is 0 Å². The highest BCUT2D eigenvalue weighted by Crippen LogP contribution is 2.16. The molecular weight excluding hydrogens is 272 g/mol. The van der Waals surface area contributed by atoms with Gasteiger partial charge in [-0.05, 0) is 18.8 Å². The molecule has 0 rings (SSSR count). The zero-order chi connectivity index (χ0) is 16.3. The molecule has 0 bridgehead atoms. The molecule has 0 aromatic rings. The lowest BCUT2D eigenvalue weighted by Gasteiger charge is -2.11. The fraction of sp³-hybridized carbons (Fsp3) is 1.00. The van der Waals surface area contributed by atoms with Crippen molar-refractivity contribution in [1.82, 2.24) is 0 Å². The summed E-state index contributed by atoms with van der Waals surface area (Å²) in [5.74, 6) is 0.322. The Morgan fingerprint density at radius 2 is 0.955 bits per heavy atom. The minimum Gasteiger partial charge on any atom is -0.396 e. The van der Waals surface area contributed by atoms with E-state index in [1.165, 1.54) is 89.9 Å². The standard InChI is InChI=1S/C20H42O2/c1-2-3-4-5-6-7-8-9-10-11-12-13-14-15-16-20(19-22)17-18-21/h20-22H,2-19H2,1H3. The van der Waals surface area contributed by atoms with Crippen LogP contribution in [0.25, 0.3) is 0 Å². The topological polar surface area (TPSA) is 40.5 Å². The van der Waals surface area contributed by atoms with Crippen LogP contribution < -0.4 is 0 Å². The van der Waals surface area contributed by atoms with Crippen molar-refractivity contribution in [3.63, 3.8) is 0 Å². The number of rotatable bonds is 18. The molecule has 1 atom stereocenters. The predicted molar refractivity (Wildman–Crippen MR) is 97.2 cm³/mol. The SMILES string of the molecule is CCCCCCCCCCCCCCCCC(CO)CCO. The normalized spacial score (nSPS) is 12.7. The number of aliphatic hydroxyl groups excluding tert-OH is 2. The van der Waals surface area contributed by atoms with E-state index in [1.807, 2.05) is 0 Å². The van der Waals surface area contributed by atoms with Crippen LogP contribution in [-0.2, 0) is 0 Å². The highest BCUT2D eigenvalue weighted by molar-refractivity contribution is 4.57. The van der Waals surface area contributed by atoms with Crippen LogP contribution in [-0.4, -0.2) is 23.4 Å². The van der Waals surface area contributed by atoms with E-state index in [1.54, 1.807) is 0 Å². The molecule has 1 unspecified atom stereocenters. The summed E-state index contributed by atoms with van der Waals surface area (Å²) in [6, 6.07) is 0. The van der Waals surface area contributed by atoms with Gasteiger partial charge in [0.05, 0.1) is 0 Å². The summed E-state index contributed by atoms with van der Waals surface area (Å²) in [6.07, 6.45) is 21.3. The summed E-state index contributed by atoms with van der Waals surface area (Å²) in [4.78, 5) is 0. The Kier molecular flexibility index (Phi) is 18.9. The number of unbranched alkanes of at least 4 members (excludes halogenated alkanes) is 13. The molecule has 0 aromatic heterocycles. The number of hydrogen-bond donors (Lipinski definition) is 2. The van der Waals surface area contributed by atoms with Crippen LogP contribution in [0, 0.1) is 5.92 Å². The van der Waals surface area contributed by atoms with E-state index in [-0.39, 0.29) is 13.2 Å². The minimum absolute atomic E-state index is 0.212. The lowest BCUT2D eigenvalue weighted by Crippen LogP contribution is -2.07. The molecular formula is C20H42O2. The van der Waals surface area contributed by atoms with E-state index in [0.717, 1.165) is 12.8 Å². The fourth-order valence-electron chi connectivity index (χ4n) is 3.14. The maximum absolute atomic E-state index is 9.15. The minimum atomic E-state index is 0.212.